The first-order valence-corrected chi connectivity index (χ1v) is 6.98. The Bertz CT molecular complexity index is 629. The third kappa shape index (κ3) is 3.91. The van der Waals surface area contributed by atoms with Crippen LogP contribution in [0.5, 0.6) is 11.5 Å². The lowest BCUT2D eigenvalue weighted by atomic mass is 10.2. The molecule has 0 fully saturated rings. The van der Waals surface area contributed by atoms with E-state index < -0.39 is 6.04 Å². The van der Waals surface area contributed by atoms with E-state index in [1.54, 1.807) is 33.3 Å². The van der Waals surface area contributed by atoms with Gasteiger partial charge in [-0.2, -0.15) is 0 Å². The zero-order chi connectivity index (χ0) is 15.9. The molecule has 0 aliphatic heterocycles. The van der Waals surface area contributed by atoms with Gasteiger partial charge in [0.05, 0.1) is 14.2 Å². The Morgan fingerprint density at radius 3 is 2.27 bits per heavy atom. The number of amides is 1. The number of carbonyl (C=O) groups is 1. The van der Waals surface area contributed by atoms with Crippen molar-refractivity contribution < 1.29 is 14.3 Å². The molecule has 0 saturated carbocycles. The van der Waals surface area contributed by atoms with Crippen molar-refractivity contribution in [2.24, 2.45) is 0 Å². The van der Waals surface area contributed by atoms with E-state index in [0.29, 0.717) is 11.5 Å². The number of benzene rings is 2. The quantitative estimate of drug-likeness (QED) is 0.860. The second-order valence-corrected chi connectivity index (χ2v) is 4.79. The highest BCUT2D eigenvalue weighted by molar-refractivity contribution is 5.96. The van der Waals surface area contributed by atoms with Gasteiger partial charge in [-0.15, -0.1) is 0 Å². The smallest absolute Gasteiger partial charge is 0.246 e. The minimum Gasteiger partial charge on any atom is -0.493 e. The van der Waals surface area contributed by atoms with Crippen LogP contribution in [0.25, 0.3) is 0 Å². The van der Waals surface area contributed by atoms with Crippen molar-refractivity contribution in [1.29, 1.82) is 0 Å². The van der Waals surface area contributed by atoms with Gasteiger partial charge < -0.3 is 20.1 Å². The summed E-state index contributed by atoms with van der Waals surface area (Å²) in [5, 5.41) is 6.00. The highest BCUT2D eigenvalue weighted by Crippen LogP contribution is 2.30. The topological polar surface area (TPSA) is 59.6 Å². The summed E-state index contributed by atoms with van der Waals surface area (Å²) >= 11 is 0. The monoisotopic (exact) mass is 300 g/mol. The standard InChI is InChI=1S/C17H20N2O3/c1-12(17(20)19-13-7-5-4-6-8-13)18-14-9-10-15(21-2)16(11-14)22-3/h4-12,18H,1-3H3,(H,19,20). The predicted octanol–water partition coefficient (Wildman–Crippen LogP) is 3.14. The highest BCUT2D eigenvalue weighted by atomic mass is 16.5. The first kappa shape index (κ1) is 15.7. The van der Waals surface area contributed by atoms with Crippen molar-refractivity contribution in [3.05, 3.63) is 48.5 Å². The largest absolute Gasteiger partial charge is 0.493 e. The molecule has 2 rings (SSSR count). The molecule has 1 unspecified atom stereocenters. The van der Waals surface area contributed by atoms with Crippen LogP contribution in [0.2, 0.25) is 0 Å². The van der Waals surface area contributed by atoms with Gasteiger partial charge in [0.15, 0.2) is 11.5 Å². The Morgan fingerprint density at radius 2 is 1.64 bits per heavy atom. The molecular formula is C17H20N2O3. The van der Waals surface area contributed by atoms with Crippen LogP contribution in [0.4, 0.5) is 11.4 Å². The molecule has 0 saturated heterocycles. The molecule has 0 aromatic heterocycles. The molecule has 0 aliphatic carbocycles. The fourth-order valence-corrected chi connectivity index (χ4v) is 2.01. The highest BCUT2D eigenvalue weighted by Gasteiger charge is 2.14. The molecule has 1 amide bonds. The first-order valence-electron chi connectivity index (χ1n) is 6.98. The zero-order valence-electron chi connectivity index (χ0n) is 12.9. The minimum atomic E-state index is -0.390. The number of nitrogens with one attached hydrogen (secondary N) is 2. The fraction of sp³-hybridized carbons (Fsp3) is 0.235. The number of rotatable bonds is 6. The molecule has 5 heteroatoms. The molecule has 2 aromatic rings. The molecule has 22 heavy (non-hydrogen) atoms. The lowest BCUT2D eigenvalue weighted by Crippen LogP contribution is -2.31. The van der Waals surface area contributed by atoms with Crippen LogP contribution in [0.1, 0.15) is 6.92 Å². The van der Waals surface area contributed by atoms with Crippen molar-refractivity contribution in [1.82, 2.24) is 0 Å². The molecule has 0 radical (unpaired) electrons. The van der Waals surface area contributed by atoms with E-state index in [2.05, 4.69) is 10.6 Å². The van der Waals surface area contributed by atoms with Crippen molar-refractivity contribution in [3.8, 4) is 11.5 Å². The van der Waals surface area contributed by atoms with E-state index in [0.717, 1.165) is 11.4 Å². The van der Waals surface area contributed by atoms with Gasteiger partial charge in [0.2, 0.25) is 5.91 Å². The van der Waals surface area contributed by atoms with Crippen LogP contribution in [-0.2, 0) is 4.79 Å². The summed E-state index contributed by atoms with van der Waals surface area (Å²) < 4.78 is 10.4. The second-order valence-electron chi connectivity index (χ2n) is 4.79. The van der Waals surface area contributed by atoms with Crippen molar-refractivity contribution in [2.45, 2.75) is 13.0 Å². The summed E-state index contributed by atoms with van der Waals surface area (Å²) in [6, 6.07) is 14.4. The lowest BCUT2D eigenvalue weighted by Gasteiger charge is -2.16. The summed E-state index contributed by atoms with van der Waals surface area (Å²) in [6.07, 6.45) is 0. The number of ether oxygens (including phenoxy) is 2. The average molecular weight is 300 g/mol. The maximum absolute atomic E-state index is 12.2. The Kier molecular flexibility index (Phi) is 5.25. The third-order valence-electron chi connectivity index (χ3n) is 3.20. The third-order valence-corrected chi connectivity index (χ3v) is 3.20. The van der Waals surface area contributed by atoms with Gasteiger partial charge in [-0.05, 0) is 31.2 Å². The average Bonchev–Trinajstić information content (AvgIpc) is 2.55. The molecule has 1 atom stereocenters. The Hall–Kier alpha value is -2.69. The van der Waals surface area contributed by atoms with Gasteiger partial charge in [-0.25, -0.2) is 0 Å². The van der Waals surface area contributed by atoms with Crippen LogP contribution >= 0.6 is 0 Å². The molecule has 0 spiro atoms. The van der Waals surface area contributed by atoms with E-state index in [-0.39, 0.29) is 5.91 Å². The van der Waals surface area contributed by atoms with Gasteiger partial charge in [0, 0.05) is 17.4 Å². The number of hydrogen-bond acceptors (Lipinski definition) is 4. The Labute approximate surface area is 130 Å². The maximum Gasteiger partial charge on any atom is 0.246 e. The van der Waals surface area contributed by atoms with Gasteiger partial charge in [0.1, 0.15) is 6.04 Å². The van der Waals surface area contributed by atoms with E-state index in [4.69, 9.17) is 9.47 Å². The van der Waals surface area contributed by atoms with Crippen LogP contribution in [-0.4, -0.2) is 26.2 Å². The number of methoxy groups -OCH3 is 2. The molecule has 0 aliphatic rings. The summed E-state index contributed by atoms with van der Waals surface area (Å²) in [5.41, 5.74) is 1.56. The van der Waals surface area contributed by atoms with Gasteiger partial charge in [0.25, 0.3) is 0 Å². The number of hydrogen-bond donors (Lipinski definition) is 2. The molecule has 116 valence electrons. The van der Waals surface area contributed by atoms with E-state index >= 15 is 0 Å². The molecule has 0 bridgehead atoms. The van der Waals surface area contributed by atoms with Crippen molar-refractivity contribution >= 4 is 17.3 Å². The Morgan fingerprint density at radius 1 is 0.955 bits per heavy atom. The normalized spacial score (nSPS) is 11.4. The molecule has 2 N–H and O–H groups in total. The van der Waals surface area contributed by atoms with E-state index in [1.165, 1.54) is 0 Å². The maximum atomic E-state index is 12.2. The van der Waals surface area contributed by atoms with Gasteiger partial charge in [-0.1, -0.05) is 18.2 Å². The van der Waals surface area contributed by atoms with Crippen molar-refractivity contribution in [2.75, 3.05) is 24.9 Å². The summed E-state index contributed by atoms with van der Waals surface area (Å²) in [7, 11) is 3.16. The molecule has 0 heterocycles. The fourth-order valence-electron chi connectivity index (χ4n) is 2.01. The first-order chi connectivity index (χ1) is 10.6. The SMILES string of the molecule is COc1ccc(NC(C)C(=O)Nc2ccccc2)cc1OC. The zero-order valence-corrected chi connectivity index (χ0v) is 12.9. The number of anilines is 2. The van der Waals surface area contributed by atoms with Crippen LogP contribution in [0.15, 0.2) is 48.5 Å². The molecule has 2 aromatic carbocycles. The van der Waals surface area contributed by atoms with Gasteiger partial charge >= 0.3 is 0 Å². The van der Waals surface area contributed by atoms with E-state index in [1.807, 2.05) is 36.4 Å². The lowest BCUT2D eigenvalue weighted by molar-refractivity contribution is -0.116. The van der Waals surface area contributed by atoms with Crippen LogP contribution < -0.4 is 20.1 Å². The second kappa shape index (κ2) is 7.36. The summed E-state index contributed by atoms with van der Waals surface area (Å²) in [5.74, 6) is 1.15. The van der Waals surface area contributed by atoms with E-state index in [9.17, 15) is 4.79 Å². The predicted molar refractivity (Wildman–Crippen MR) is 87.7 cm³/mol. The number of carbonyl (C=O) groups excluding carboxylic acids is 1. The summed E-state index contributed by atoms with van der Waals surface area (Å²) in [6.45, 7) is 1.80. The van der Waals surface area contributed by atoms with Crippen LogP contribution in [0.3, 0.4) is 0 Å². The summed E-state index contributed by atoms with van der Waals surface area (Å²) in [4.78, 5) is 12.2. The van der Waals surface area contributed by atoms with Gasteiger partial charge in [-0.3, -0.25) is 4.79 Å². The minimum absolute atomic E-state index is 0.110. The number of para-hydroxylation sites is 1. The van der Waals surface area contributed by atoms with Crippen molar-refractivity contribution in [3.63, 3.8) is 0 Å². The molecule has 5 nitrogen and oxygen atoms in total. The molecular weight excluding hydrogens is 280 g/mol. The Balaban J connectivity index is 2.02. The van der Waals surface area contributed by atoms with Crippen LogP contribution in [0, 0.1) is 0 Å².